The number of hydrogen-bond acceptors (Lipinski definition) is 4. The van der Waals surface area contributed by atoms with E-state index in [-0.39, 0.29) is 16.6 Å². The molecule has 0 aliphatic heterocycles. The van der Waals surface area contributed by atoms with Crippen LogP contribution in [0.15, 0.2) is 16.5 Å². The molecule has 0 fully saturated rings. The van der Waals surface area contributed by atoms with E-state index < -0.39 is 5.91 Å². The van der Waals surface area contributed by atoms with Crippen LogP contribution in [0.25, 0.3) is 0 Å². The molecule has 6 heteroatoms. The minimum absolute atomic E-state index is 0.0215. The van der Waals surface area contributed by atoms with Crippen molar-refractivity contribution in [2.75, 3.05) is 7.05 Å². The van der Waals surface area contributed by atoms with E-state index in [0.717, 1.165) is 29.3 Å². The highest BCUT2D eigenvalue weighted by atomic mass is 16.4. The molecule has 3 N–H and O–H groups in total. The first kappa shape index (κ1) is 19.2. The fourth-order valence-electron chi connectivity index (χ4n) is 2.77. The highest BCUT2D eigenvalue weighted by Crippen LogP contribution is 2.30. The molecule has 0 aromatic carbocycles. The molecule has 0 radical (unpaired) electrons. The van der Waals surface area contributed by atoms with E-state index in [4.69, 9.17) is 10.2 Å². The second-order valence-electron chi connectivity index (χ2n) is 8.78. The first-order valence-corrected chi connectivity index (χ1v) is 8.54. The molecule has 2 aromatic rings. The number of H-pyrrole nitrogens is 1. The van der Waals surface area contributed by atoms with Gasteiger partial charge in [-0.15, -0.1) is 0 Å². The first-order valence-electron chi connectivity index (χ1n) is 8.54. The normalized spacial score (nSPS) is 12.8. The van der Waals surface area contributed by atoms with Crippen LogP contribution in [-0.4, -0.2) is 28.1 Å². The van der Waals surface area contributed by atoms with Gasteiger partial charge in [0.25, 0.3) is 5.91 Å². The second kappa shape index (κ2) is 6.67. The number of nitrogens with two attached hydrogens (primary N) is 1. The SMILES string of the molecule is CN(Cc1cc(C(C)(C)C)n[nH]1)Cc1cc(C(N)=O)oc1C(C)(C)C. The van der Waals surface area contributed by atoms with Crippen molar-refractivity contribution in [1.82, 2.24) is 15.1 Å². The Morgan fingerprint density at radius 3 is 2.28 bits per heavy atom. The molecule has 1 amide bonds. The Hall–Kier alpha value is -2.08. The number of nitrogens with zero attached hydrogens (tertiary/aromatic N) is 2. The average molecular weight is 346 g/mol. The lowest BCUT2D eigenvalue weighted by atomic mass is 9.90. The summed E-state index contributed by atoms with van der Waals surface area (Å²) in [6, 6.07) is 3.86. The molecule has 138 valence electrons. The van der Waals surface area contributed by atoms with Gasteiger partial charge in [0.1, 0.15) is 5.76 Å². The van der Waals surface area contributed by atoms with Crippen molar-refractivity contribution >= 4 is 5.91 Å². The van der Waals surface area contributed by atoms with Crippen LogP contribution in [-0.2, 0) is 23.9 Å². The zero-order valence-corrected chi connectivity index (χ0v) is 16.4. The lowest BCUT2D eigenvalue weighted by molar-refractivity contribution is 0.0970. The van der Waals surface area contributed by atoms with Crippen LogP contribution in [0, 0.1) is 0 Å². The van der Waals surface area contributed by atoms with Gasteiger partial charge in [0.2, 0.25) is 0 Å². The van der Waals surface area contributed by atoms with E-state index in [1.54, 1.807) is 6.07 Å². The highest BCUT2D eigenvalue weighted by molar-refractivity contribution is 5.90. The van der Waals surface area contributed by atoms with Crippen molar-refractivity contribution in [3.05, 3.63) is 40.6 Å². The molecule has 2 aromatic heterocycles. The number of amides is 1. The molecule has 2 rings (SSSR count). The van der Waals surface area contributed by atoms with Crippen LogP contribution in [0.3, 0.4) is 0 Å². The van der Waals surface area contributed by atoms with E-state index in [1.807, 2.05) is 7.05 Å². The summed E-state index contributed by atoms with van der Waals surface area (Å²) >= 11 is 0. The number of furan rings is 1. The number of aromatic amines is 1. The number of carbonyl (C=O) groups is 1. The van der Waals surface area contributed by atoms with Crippen molar-refractivity contribution < 1.29 is 9.21 Å². The van der Waals surface area contributed by atoms with Crippen molar-refractivity contribution in [2.24, 2.45) is 5.73 Å². The first-order chi connectivity index (χ1) is 11.4. The van der Waals surface area contributed by atoms with Crippen LogP contribution in [0.1, 0.15) is 74.8 Å². The fourth-order valence-corrected chi connectivity index (χ4v) is 2.77. The minimum atomic E-state index is -0.539. The summed E-state index contributed by atoms with van der Waals surface area (Å²) in [6.07, 6.45) is 0. The molecule has 0 bridgehead atoms. The Morgan fingerprint density at radius 1 is 1.16 bits per heavy atom. The molecular formula is C19H30N4O2. The molecular weight excluding hydrogens is 316 g/mol. The molecule has 6 nitrogen and oxygen atoms in total. The molecule has 2 heterocycles. The van der Waals surface area contributed by atoms with Crippen LogP contribution < -0.4 is 5.73 Å². The standard InChI is InChI=1S/C19H30N4O2/c1-18(2,3)15-9-13(21-22-15)11-23(7)10-12-8-14(17(20)24)25-16(12)19(4,5)6/h8-9H,10-11H2,1-7H3,(H2,20,24)(H,21,22). The van der Waals surface area contributed by atoms with Gasteiger partial charge in [0.05, 0.1) is 5.69 Å². The molecule has 0 spiro atoms. The summed E-state index contributed by atoms with van der Waals surface area (Å²) in [5, 5.41) is 7.51. The van der Waals surface area contributed by atoms with Crippen molar-refractivity contribution in [3.63, 3.8) is 0 Å². The third-order valence-corrected chi connectivity index (χ3v) is 4.01. The number of carbonyl (C=O) groups excluding carboxylic acids is 1. The maximum Gasteiger partial charge on any atom is 0.284 e. The molecule has 0 aliphatic rings. The van der Waals surface area contributed by atoms with Gasteiger partial charge in [-0.3, -0.25) is 14.8 Å². The summed E-state index contributed by atoms with van der Waals surface area (Å²) in [5.41, 5.74) is 8.29. The van der Waals surface area contributed by atoms with Gasteiger partial charge >= 0.3 is 0 Å². The number of aromatic nitrogens is 2. The lowest BCUT2D eigenvalue weighted by Gasteiger charge is -2.20. The summed E-state index contributed by atoms with van der Waals surface area (Å²) < 4.78 is 5.72. The highest BCUT2D eigenvalue weighted by Gasteiger charge is 2.26. The summed E-state index contributed by atoms with van der Waals surface area (Å²) in [5.74, 6) is 0.473. The van der Waals surface area contributed by atoms with E-state index in [1.165, 1.54) is 0 Å². The predicted octanol–water partition coefficient (Wildman–Crippen LogP) is 3.33. The van der Waals surface area contributed by atoms with Crippen LogP contribution in [0.2, 0.25) is 0 Å². The van der Waals surface area contributed by atoms with Gasteiger partial charge in [-0.05, 0) is 19.2 Å². The summed E-state index contributed by atoms with van der Waals surface area (Å²) in [4.78, 5) is 13.6. The van der Waals surface area contributed by atoms with Gasteiger partial charge in [0, 0.05) is 35.2 Å². The minimum Gasteiger partial charge on any atom is -0.455 e. The zero-order chi connectivity index (χ0) is 19.0. The number of hydrogen-bond donors (Lipinski definition) is 2. The van der Waals surface area contributed by atoms with Crippen LogP contribution in [0.4, 0.5) is 0 Å². The maximum absolute atomic E-state index is 11.5. The number of primary amides is 1. The smallest absolute Gasteiger partial charge is 0.284 e. The average Bonchev–Trinajstić information content (AvgIpc) is 3.04. The van der Waals surface area contributed by atoms with Gasteiger partial charge in [-0.2, -0.15) is 5.10 Å². The summed E-state index contributed by atoms with van der Waals surface area (Å²) in [7, 11) is 2.03. The largest absolute Gasteiger partial charge is 0.455 e. The Bertz CT molecular complexity index is 744. The van der Waals surface area contributed by atoms with Crippen LogP contribution >= 0.6 is 0 Å². The van der Waals surface area contributed by atoms with Crippen molar-refractivity contribution in [1.29, 1.82) is 0 Å². The molecule has 0 saturated carbocycles. The second-order valence-corrected chi connectivity index (χ2v) is 8.78. The Labute approximate surface area is 149 Å². The fraction of sp³-hybridized carbons (Fsp3) is 0.579. The maximum atomic E-state index is 11.5. The van der Waals surface area contributed by atoms with E-state index in [2.05, 4.69) is 62.7 Å². The van der Waals surface area contributed by atoms with Crippen molar-refractivity contribution in [2.45, 2.75) is 65.5 Å². The third-order valence-electron chi connectivity index (χ3n) is 4.01. The topological polar surface area (TPSA) is 88.1 Å². The van der Waals surface area contributed by atoms with Gasteiger partial charge in [0.15, 0.2) is 5.76 Å². The number of nitrogens with one attached hydrogen (secondary N) is 1. The number of rotatable bonds is 5. The Morgan fingerprint density at radius 2 is 1.80 bits per heavy atom. The quantitative estimate of drug-likeness (QED) is 0.869. The molecule has 0 saturated heterocycles. The van der Waals surface area contributed by atoms with Crippen LogP contribution in [0.5, 0.6) is 0 Å². The lowest BCUT2D eigenvalue weighted by Crippen LogP contribution is -2.20. The third kappa shape index (κ3) is 4.72. The van der Waals surface area contributed by atoms with Gasteiger partial charge in [-0.25, -0.2) is 0 Å². The zero-order valence-electron chi connectivity index (χ0n) is 16.4. The molecule has 0 atom stereocenters. The van der Waals surface area contributed by atoms with E-state index >= 15 is 0 Å². The van der Waals surface area contributed by atoms with E-state index in [9.17, 15) is 4.79 Å². The Balaban J connectivity index is 2.16. The van der Waals surface area contributed by atoms with E-state index in [0.29, 0.717) is 6.54 Å². The predicted molar refractivity (Wildman–Crippen MR) is 98.4 cm³/mol. The summed E-state index contributed by atoms with van der Waals surface area (Å²) in [6.45, 7) is 14.0. The monoisotopic (exact) mass is 346 g/mol. The van der Waals surface area contributed by atoms with Gasteiger partial charge < -0.3 is 10.2 Å². The Kier molecular flexibility index (Phi) is 5.14. The molecule has 0 aliphatic carbocycles. The molecule has 0 unspecified atom stereocenters. The molecule has 25 heavy (non-hydrogen) atoms. The van der Waals surface area contributed by atoms with Crippen molar-refractivity contribution in [3.8, 4) is 0 Å². The van der Waals surface area contributed by atoms with Gasteiger partial charge in [-0.1, -0.05) is 41.5 Å².